The fourth-order valence-corrected chi connectivity index (χ4v) is 4.65. The molecule has 0 saturated carbocycles. The topological polar surface area (TPSA) is 12.0 Å². The normalized spacial score (nSPS) is 11.2. The zero-order valence-corrected chi connectivity index (χ0v) is 17.0. The highest BCUT2D eigenvalue weighted by Crippen LogP contribution is 2.43. The van der Waals surface area contributed by atoms with Gasteiger partial charge in [0.1, 0.15) is 0 Å². The Labute approximate surface area is 181 Å². The van der Waals surface area contributed by atoms with Crippen molar-refractivity contribution in [2.24, 2.45) is 0 Å². The number of anilines is 2. The van der Waals surface area contributed by atoms with Crippen LogP contribution in [-0.4, -0.2) is 0 Å². The summed E-state index contributed by atoms with van der Waals surface area (Å²) in [6, 6.07) is 43.1. The van der Waals surface area contributed by atoms with Gasteiger partial charge in [-0.25, -0.2) is 0 Å². The Morgan fingerprint density at radius 2 is 0.903 bits per heavy atom. The van der Waals surface area contributed by atoms with E-state index in [1.165, 1.54) is 43.4 Å². The molecule has 0 aliphatic carbocycles. The first-order valence-corrected chi connectivity index (χ1v) is 10.6. The van der Waals surface area contributed by atoms with Crippen molar-refractivity contribution in [1.82, 2.24) is 0 Å². The molecule has 0 saturated heterocycles. The molecule has 0 spiro atoms. The highest BCUT2D eigenvalue weighted by atomic mass is 14.9. The van der Waals surface area contributed by atoms with Crippen LogP contribution < -0.4 is 5.32 Å². The first-order valence-electron chi connectivity index (χ1n) is 10.6. The maximum Gasteiger partial charge on any atom is 0.0544 e. The van der Waals surface area contributed by atoms with Gasteiger partial charge in [-0.3, -0.25) is 0 Å². The van der Waals surface area contributed by atoms with Crippen LogP contribution in [0.1, 0.15) is 0 Å². The SMILES string of the molecule is c1ccc(-c2c3ccccc3c(Nc3cccc4ccccc34)c3ccccc23)cc1. The Balaban J connectivity index is 1.69. The van der Waals surface area contributed by atoms with Crippen molar-refractivity contribution in [2.75, 3.05) is 5.32 Å². The van der Waals surface area contributed by atoms with Crippen LogP contribution in [0.5, 0.6) is 0 Å². The van der Waals surface area contributed by atoms with Gasteiger partial charge in [-0.1, -0.05) is 115 Å². The van der Waals surface area contributed by atoms with Crippen LogP contribution >= 0.6 is 0 Å². The molecule has 146 valence electrons. The predicted molar refractivity (Wildman–Crippen MR) is 134 cm³/mol. The molecule has 0 aliphatic heterocycles. The van der Waals surface area contributed by atoms with E-state index in [1.807, 2.05) is 0 Å². The van der Waals surface area contributed by atoms with Crippen molar-refractivity contribution in [3.05, 3.63) is 121 Å². The molecule has 0 amide bonds. The van der Waals surface area contributed by atoms with E-state index in [0.29, 0.717) is 0 Å². The van der Waals surface area contributed by atoms with Crippen LogP contribution in [0.15, 0.2) is 121 Å². The summed E-state index contributed by atoms with van der Waals surface area (Å²) < 4.78 is 0. The van der Waals surface area contributed by atoms with E-state index in [1.54, 1.807) is 0 Å². The van der Waals surface area contributed by atoms with Gasteiger partial charge in [-0.05, 0) is 33.4 Å². The molecule has 0 aliphatic rings. The Hall–Kier alpha value is -4.10. The fraction of sp³-hybridized carbons (Fsp3) is 0. The van der Waals surface area contributed by atoms with Crippen molar-refractivity contribution < 1.29 is 0 Å². The minimum absolute atomic E-state index is 1.13. The van der Waals surface area contributed by atoms with E-state index in [-0.39, 0.29) is 0 Å². The third-order valence-corrected chi connectivity index (χ3v) is 6.04. The van der Waals surface area contributed by atoms with Crippen molar-refractivity contribution >= 4 is 43.7 Å². The van der Waals surface area contributed by atoms with E-state index in [4.69, 9.17) is 0 Å². The van der Waals surface area contributed by atoms with Gasteiger partial charge in [0.2, 0.25) is 0 Å². The largest absolute Gasteiger partial charge is 0.354 e. The number of hydrogen-bond donors (Lipinski definition) is 1. The molecule has 31 heavy (non-hydrogen) atoms. The van der Waals surface area contributed by atoms with E-state index < -0.39 is 0 Å². The average molecular weight is 396 g/mol. The molecule has 0 heterocycles. The summed E-state index contributed by atoms with van der Waals surface area (Å²) in [6.45, 7) is 0. The van der Waals surface area contributed by atoms with E-state index in [9.17, 15) is 0 Å². The second-order valence-electron chi connectivity index (χ2n) is 7.86. The van der Waals surface area contributed by atoms with Gasteiger partial charge < -0.3 is 5.32 Å². The molecule has 1 heteroatoms. The Bertz CT molecular complexity index is 1490. The number of hydrogen-bond acceptors (Lipinski definition) is 1. The summed E-state index contributed by atoms with van der Waals surface area (Å²) in [5.41, 5.74) is 4.81. The molecule has 6 aromatic carbocycles. The second kappa shape index (κ2) is 7.30. The first-order chi connectivity index (χ1) is 15.4. The maximum atomic E-state index is 3.81. The molecular formula is C30H21N. The maximum absolute atomic E-state index is 3.81. The monoisotopic (exact) mass is 395 g/mol. The zero-order chi connectivity index (χ0) is 20.6. The van der Waals surface area contributed by atoms with E-state index in [0.717, 1.165) is 11.4 Å². The Morgan fingerprint density at radius 3 is 1.58 bits per heavy atom. The Kier molecular flexibility index (Phi) is 4.18. The third-order valence-electron chi connectivity index (χ3n) is 6.04. The molecule has 0 atom stereocenters. The molecule has 0 bridgehead atoms. The summed E-state index contributed by atoms with van der Waals surface area (Å²) in [5, 5.41) is 11.3. The lowest BCUT2D eigenvalue weighted by atomic mass is 9.90. The van der Waals surface area contributed by atoms with E-state index in [2.05, 4.69) is 127 Å². The minimum Gasteiger partial charge on any atom is -0.354 e. The number of rotatable bonds is 3. The molecule has 1 nitrogen and oxygen atoms in total. The molecule has 6 rings (SSSR count). The van der Waals surface area contributed by atoms with Crippen molar-refractivity contribution in [2.45, 2.75) is 0 Å². The zero-order valence-electron chi connectivity index (χ0n) is 17.0. The number of fused-ring (bicyclic) bond motifs is 3. The molecular weight excluding hydrogens is 374 g/mol. The number of nitrogens with one attached hydrogen (secondary N) is 1. The van der Waals surface area contributed by atoms with Crippen LogP contribution in [0.25, 0.3) is 43.4 Å². The molecule has 0 aromatic heterocycles. The molecule has 0 unspecified atom stereocenters. The minimum atomic E-state index is 1.13. The number of benzene rings is 6. The van der Waals surface area contributed by atoms with Gasteiger partial charge in [-0.15, -0.1) is 0 Å². The lowest BCUT2D eigenvalue weighted by Gasteiger charge is -2.19. The quantitative estimate of drug-likeness (QED) is 0.296. The van der Waals surface area contributed by atoms with Crippen LogP contribution in [-0.2, 0) is 0 Å². The summed E-state index contributed by atoms with van der Waals surface area (Å²) in [7, 11) is 0. The predicted octanol–water partition coefficient (Wildman–Crippen LogP) is 8.56. The van der Waals surface area contributed by atoms with Crippen LogP contribution in [0, 0.1) is 0 Å². The summed E-state index contributed by atoms with van der Waals surface area (Å²) >= 11 is 0. The smallest absolute Gasteiger partial charge is 0.0544 e. The molecule has 6 aromatic rings. The third kappa shape index (κ3) is 2.94. The highest BCUT2D eigenvalue weighted by molar-refractivity contribution is 6.21. The van der Waals surface area contributed by atoms with Crippen LogP contribution in [0.4, 0.5) is 11.4 Å². The van der Waals surface area contributed by atoms with Crippen molar-refractivity contribution in [3.63, 3.8) is 0 Å². The standard InChI is InChI=1S/C30H21N/c1-2-12-22(13-3-1)29-24-16-6-8-18-26(24)30(27-19-9-7-17-25(27)29)31-28-20-10-14-21-11-4-5-15-23(21)28/h1-20,31H. The fourth-order valence-electron chi connectivity index (χ4n) is 4.65. The molecule has 1 N–H and O–H groups in total. The summed E-state index contributed by atoms with van der Waals surface area (Å²) in [4.78, 5) is 0. The first kappa shape index (κ1) is 17.7. The summed E-state index contributed by atoms with van der Waals surface area (Å²) in [6.07, 6.45) is 0. The van der Waals surface area contributed by atoms with Gasteiger partial charge in [0.25, 0.3) is 0 Å². The summed E-state index contributed by atoms with van der Waals surface area (Å²) in [5.74, 6) is 0. The van der Waals surface area contributed by atoms with Gasteiger partial charge in [0.05, 0.1) is 5.69 Å². The van der Waals surface area contributed by atoms with Gasteiger partial charge in [-0.2, -0.15) is 0 Å². The Morgan fingerprint density at radius 1 is 0.387 bits per heavy atom. The van der Waals surface area contributed by atoms with Crippen molar-refractivity contribution in [3.8, 4) is 11.1 Å². The highest BCUT2D eigenvalue weighted by Gasteiger charge is 2.15. The van der Waals surface area contributed by atoms with Gasteiger partial charge >= 0.3 is 0 Å². The lowest BCUT2D eigenvalue weighted by molar-refractivity contribution is 1.62. The molecule has 0 radical (unpaired) electrons. The average Bonchev–Trinajstić information content (AvgIpc) is 2.85. The second-order valence-corrected chi connectivity index (χ2v) is 7.86. The van der Waals surface area contributed by atoms with E-state index >= 15 is 0 Å². The molecule has 0 fully saturated rings. The van der Waals surface area contributed by atoms with Crippen LogP contribution in [0.3, 0.4) is 0 Å². The van der Waals surface area contributed by atoms with Crippen LogP contribution in [0.2, 0.25) is 0 Å². The van der Waals surface area contributed by atoms with Gasteiger partial charge in [0, 0.05) is 21.8 Å². The van der Waals surface area contributed by atoms with Gasteiger partial charge in [0.15, 0.2) is 0 Å². The van der Waals surface area contributed by atoms with Crippen molar-refractivity contribution in [1.29, 1.82) is 0 Å². The lowest BCUT2D eigenvalue weighted by Crippen LogP contribution is -1.96.